The molecule has 0 saturated carbocycles. The Morgan fingerprint density at radius 3 is 1.13 bits per heavy atom. The molecule has 232 valence electrons. The molecule has 0 unspecified atom stereocenters. The van der Waals surface area contributed by atoms with E-state index in [1.54, 1.807) is 23.5 Å². The van der Waals surface area contributed by atoms with Gasteiger partial charge < -0.3 is 0 Å². The van der Waals surface area contributed by atoms with Crippen molar-refractivity contribution in [3.05, 3.63) is 0 Å². The molecule has 0 aromatic heterocycles. The van der Waals surface area contributed by atoms with Gasteiger partial charge in [0, 0.05) is 0 Å². The van der Waals surface area contributed by atoms with Crippen LogP contribution in [0.4, 0.5) is 0 Å². The summed E-state index contributed by atoms with van der Waals surface area (Å²) in [4.78, 5) is 26.1. The maximum absolute atomic E-state index is 13.1. The van der Waals surface area contributed by atoms with Crippen molar-refractivity contribution < 1.29 is 15.7 Å². The monoisotopic (exact) mass is 696 g/mol. The number of carbonyl (C=O) groups excluding carboxylic acids is 2. The van der Waals surface area contributed by atoms with Crippen LogP contribution in [0.2, 0.25) is 8.87 Å². The van der Waals surface area contributed by atoms with Crippen LogP contribution in [0, 0.1) is 0 Å². The van der Waals surface area contributed by atoms with E-state index in [1.807, 2.05) is 0 Å². The number of hydrogen-bond acceptors (Lipinski definition) is 6. The van der Waals surface area contributed by atoms with Crippen LogP contribution < -0.4 is 0 Å². The van der Waals surface area contributed by atoms with Gasteiger partial charge in [-0.1, -0.05) is 0 Å². The van der Waals surface area contributed by atoms with Crippen LogP contribution in [0.1, 0.15) is 156 Å². The van der Waals surface area contributed by atoms with Gasteiger partial charge in [-0.05, 0) is 0 Å². The predicted molar refractivity (Wildman–Crippen MR) is 177 cm³/mol. The van der Waals surface area contributed by atoms with Gasteiger partial charge in [-0.2, -0.15) is 0 Å². The van der Waals surface area contributed by atoms with Gasteiger partial charge in [-0.3, -0.25) is 0 Å². The normalized spacial score (nSPS) is 11.6. The molecule has 0 saturated heterocycles. The Labute approximate surface area is 257 Å². The summed E-state index contributed by atoms with van der Waals surface area (Å²) in [5.41, 5.74) is 0. The summed E-state index contributed by atoms with van der Waals surface area (Å²) in [7, 11) is 0. The van der Waals surface area contributed by atoms with E-state index in [9.17, 15) is 9.59 Å². The van der Waals surface area contributed by atoms with Crippen LogP contribution in [-0.2, 0) is 15.7 Å². The maximum atomic E-state index is 13.1. The van der Waals surface area contributed by atoms with Gasteiger partial charge in [-0.15, -0.1) is 0 Å². The molecule has 0 aromatic carbocycles. The number of hydrogen-bond donors (Lipinski definition) is 0. The topological polar surface area (TPSA) is 52.6 Å². The third-order valence-electron chi connectivity index (χ3n) is 7.15. The number of carbonyl (C=O) groups is 2. The number of rotatable bonds is 30. The Morgan fingerprint density at radius 2 is 0.769 bits per heavy atom. The molecule has 39 heavy (non-hydrogen) atoms. The summed E-state index contributed by atoms with van der Waals surface area (Å²) >= 11 is -0.523. The molecule has 0 aliphatic rings. The minimum absolute atomic E-state index is 0.136. The summed E-state index contributed by atoms with van der Waals surface area (Å²) < 4.78 is 14.4. The zero-order valence-electron chi connectivity index (χ0n) is 26.3. The van der Waals surface area contributed by atoms with Crippen molar-refractivity contribution in [2.24, 2.45) is 0 Å². The van der Waals surface area contributed by atoms with Gasteiger partial charge in [0.1, 0.15) is 0 Å². The molecule has 0 aliphatic carbocycles. The second kappa shape index (κ2) is 29.9. The Bertz CT molecular complexity index is 514. The van der Waals surface area contributed by atoms with Crippen LogP contribution in [0.3, 0.4) is 0 Å². The first-order valence-corrected chi connectivity index (χ1v) is 25.3. The molecule has 0 radical (unpaired) electrons. The quantitative estimate of drug-likeness (QED) is 0.0551. The van der Waals surface area contributed by atoms with Crippen LogP contribution in [-0.4, -0.2) is 54.2 Å². The second-order valence-electron chi connectivity index (χ2n) is 11.1. The number of unbranched alkanes of at least 4 members (excludes halogenated alkanes) is 16. The Hall–Kier alpha value is 0.439. The summed E-state index contributed by atoms with van der Waals surface area (Å²) in [5, 5.41) is 0. The van der Waals surface area contributed by atoms with Gasteiger partial charge in [0.05, 0.1) is 0 Å². The Balaban J connectivity index is 5.16. The fourth-order valence-corrected chi connectivity index (χ4v) is 16.2. The van der Waals surface area contributed by atoms with Crippen molar-refractivity contribution in [3.63, 3.8) is 0 Å². The fourth-order valence-electron chi connectivity index (χ4n) is 4.75. The van der Waals surface area contributed by atoms with E-state index < -0.39 is 19.2 Å². The molecule has 0 amide bonds. The first-order valence-electron chi connectivity index (χ1n) is 16.6. The van der Waals surface area contributed by atoms with E-state index in [0.717, 1.165) is 58.9 Å². The van der Waals surface area contributed by atoms with Crippen LogP contribution in [0.5, 0.6) is 0 Å². The second-order valence-corrected chi connectivity index (χ2v) is 22.5. The molecular formula is C32H64O4S2Sn. The molecule has 0 N–H and O–H groups in total. The zero-order chi connectivity index (χ0) is 28.9. The van der Waals surface area contributed by atoms with Gasteiger partial charge >= 0.3 is 258 Å². The first-order chi connectivity index (χ1) is 19.0. The molecule has 0 aromatic rings. The Kier molecular flexibility index (Phi) is 30.3. The molecule has 0 aliphatic heterocycles. The van der Waals surface area contributed by atoms with E-state index in [0.29, 0.717) is 11.5 Å². The van der Waals surface area contributed by atoms with Crippen molar-refractivity contribution in [2.45, 2.75) is 165 Å². The average molecular weight is 696 g/mol. The van der Waals surface area contributed by atoms with Crippen LogP contribution >= 0.6 is 23.5 Å². The molecule has 4 nitrogen and oxygen atoms in total. The van der Waals surface area contributed by atoms with Crippen LogP contribution in [0.15, 0.2) is 0 Å². The average Bonchev–Trinajstić information content (AvgIpc) is 2.92. The van der Waals surface area contributed by atoms with E-state index in [1.165, 1.54) is 89.9 Å². The molecular weight excluding hydrogens is 631 g/mol. The van der Waals surface area contributed by atoms with Gasteiger partial charge in [0.2, 0.25) is 0 Å². The van der Waals surface area contributed by atoms with Crippen molar-refractivity contribution in [2.75, 3.05) is 23.0 Å². The standard InChI is InChI=1S/2C8H16O2S.2C8H17.Sn/c2*1-2-3-4-5-6-11-7-8(9)10;2*1-3-5-7-8-6-4-2;/h2*2-7H2,1H3,(H,9,10);2*1,3-8H2,2H3;/q;;;;+2/p-2. The van der Waals surface area contributed by atoms with Crippen molar-refractivity contribution in [1.29, 1.82) is 0 Å². The van der Waals surface area contributed by atoms with Crippen molar-refractivity contribution in [3.8, 4) is 0 Å². The molecule has 0 spiro atoms. The van der Waals surface area contributed by atoms with Gasteiger partial charge in [-0.25, -0.2) is 0 Å². The van der Waals surface area contributed by atoms with E-state index in [2.05, 4.69) is 27.7 Å². The van der Waals surface area contributed by atoms with E-state index in [-0.39, 0.29) is 11.9 Å². The summed E-state index contributed by atoms with van der Waals surface area (Å²) in [6, 6.07) is 0. The first kappa shape index (κ1) is 39.4. The molecule has 0 bridgehead atoms. The van der Waals surface area contributed by atoms with E-state index >= 15 is 0 Å². The van der Waals surface area contributed by atoms with Crippen LogP contribution in [0.25, 0.3) is 0 Å². The van der Waals surface area contributed by atoms with E-state index in [4.69, 9.17) is 6.15 Å². The van der Waals surface area contributed by atoms with Crippen molar-refractivity contribution in [1.82, 2.24) is 0 Å². The molecule has 7 heteroatoms. The third-order valence-corrected chi connectivity index (χ3v) is 19.0. The number of thioether (sulfide) groups is 2. The molecule has 0 heterocycles. The Morgan fingerprint density at radius 1 is 0.462 bits per heavy atom. The third kappa shape index (κ3) is 25.8. The molecule has 0 atom stereocenters. The predicted octanol–water partition coefficient (Wildman–Crippen LogP) is 10.9. The SMILES string of the molecule is CCCCCCC[CH2][Sn]([CH2]CCCCCCC)([O]C(=O)CSCCCCCC)[O]C(=O)CSCCCCCC. The zero-order valence-corrected chi connectivity index (χ0v) is 30.8. The van der Waals surface area contributed by atoms with Gasteiger partial charge in [0.25, 0.3) is 0 Å². The molecule has 0 rings (SSSR count). The minimum atomic E-state index is -3.89. The summed E-state index contributed by atoms with van der Waals surface area (Å²) in [6.45, 7) is 8.92. The summed E-state index contributed by atoms with van der Waals surface area (Å²) in [5.74, 6) is 2.51. The van der Waals surface area contributed by atoms with Crippen molar-refractivity contribution >= 4 is 54.7 Å². The fraction of sp³-hybridized carbons (Fsp3) is 0.938. The van der Waals surface area contributed by atoms with Gasteiger partial charge in [0.15, 0.2) is 0 Å². The molecule has 0 fully saturated rings. The summed E-state index contributed by atoms with van der Waals surface area (Å²) in [6.07, 6.45) is 24.0.